The molecule has 0 radical (unpaired) electrons. The average Bonchev–Trinajstić information content (AvgIpc) is 2.71. The molecule has 27 heavy (non-hydrogen) atoms. The predicted molar refractivity (Wildman–Crippen MR) is 103 cm³/mol. The summed E-state index contributed by atoms with van der Waals surface area (Å²) in [6, 6.07) is 14.9. The van der Waals surface area contributed by atoms with E-state index in [1.807, 2.05) is 36.4 Å². The van der Waals surface area contributed by atoms with Crippen molar-refractivity contribution in [1.82, 2.24) is 20.2 Å². The van der Waals surface area contributed by atoms with Gasteiger partial charge in [-0.2, -0.15) is 0 Å². The Morgan fingerprint density at radius 2 is 1.93 bits per heavy atom. The molecule has 3 heterocycles. The van der Waals surface area contributed by atoms with Crippen LogP contribution in [0.5, 0.6) is 0 Å². The zero-order chi connectivity index (χ0) is 18.6. The maximum Gasteiger partial charge on any atom is 0.258 e. The molecular weight excluding hydrogens is 340 g/mol. The largest absolute Gasteiger partial charge is 0.382 e. The van der Waals surface area contributed by atoms with Gasteiger partial charge in [-0.1, -0.05) is 24.3 Å². The van der Waals surface area contributed by atoms with Gasteiger partial charge in [-0.15, -0.1) is 10.2 Å². The molecule has 0 fully saturated rings. The Morgan fingerprint density at radius 1 is 1.00 bits per heavy atom. The Hall–Kier alpha value is -3.87. The van der Waals surface area contributed by atoms with Crippen LogP contribution in [-0.4, -0.2) is 26.1 Å². The van der Waals surface area contributed by atoms with Crippen molar-refractivity contribution in [2.75, 3.05) is 11.1 Å². The molecule has 1 amide bonds. The average molecular weight is 356 g/mol. The van der Waals surface area contributed by atoms with Crippen molar-refractivity contribution >= 4 is 28.3 Å². The molecule has 0 saturated heterocycles. The number of anilines is 2. The van der Waals surface area contributed by atoms with Gasteiger partial charge < -0.3 is 11.1 Å². The van der Waals surface area contributed by atoms with Crippen LogP contribution in [0.15, 0.2) is 67.1 Å². The standard InChI is InChI=1S/C20H16N6O/c21-18-17-13(11-15-7-1-2-10-23-15)5-3-8-16(17)19(26-25-18)24-20(27)14-6-4-9-22-12-14/h1-10,12H,11H2,(H2,21,25)(H,24,26,27). The number of nitrogens with two attached hydrogens (primary N) is 1. The van der Waals surface area contributed by atoms with Crippen LogP contribution in [0.4, 0.5) is 11.6 Å². The summed E-state index contributed by atoms with van der Waals surface area (Å²) < 4.78 is 0. The zero-order valence-electron chi connectivity index (χ0n) is 14.3. The van der Waals surface area contributed by atoms with Gasteiger partial charge in [-0.25, -0.2) is 0 Å². The number of nitrogen functional groups attached to an aromatic ring is 1. The SMILES string of the molecule is Nc1nnc(NC(=O)c2cccnc2)c2cccc(Cc3ccccn3)c12. The molecule has 132 valence electrons. The normalized spacial score (nSPS) is 10.7. The maximum absolute atomic E-state index is 12.5. The molecule has 0 atom stereocenters. The van der Waals surface area contributed by atoms with E-state index in [9.17, 15) is 4.79 Å². The van der Waals surface area contributed by atoms with Crippen LogP contribution < -0.4 is 11.1 Å². The van der Waals surface area contributed by atoms with Gasteiger partial charge >= 0.3 is 0 Å². The highest BCUT2D eigenvalue weighted by atomic mass is 16.1. The topological polar surface area (TPSA) is 107 Å². The Kier molecular flexibility index (Phi) is 4.40. The monoisotopic (exact) mass is 356 g/mol. The number of carbonyl (C=O) groups is 1. The van der Waals surface area contributed by atoms with E-state index in [1.54, 1.807) is 24.5 Å². The second-order valence-corrected chi connectivity index (χ2v) is 5.97. The van der Waals surface area contributed by atoms with Crippen LogP contribution in [0.3, 0.4) is 0 Å². The predicted octanol–water partition coefficient (Wildman–Crippen LogP) is 2.85. The summed E-state index contributed by atoms with van der Waals surface area (Å²) in [5.41, 5.74) is 8.43. The molecule has 3 aromatic heterocycles. The van der Waals surface area contributed by atoms with Crippen LogP contribution >= 0.6 is 0 Å². The van der Waals surface area contributed by atoms with Crippen LogP contribution in [-0.2, 0) is 6.42 Å². The lowest BCUT2D eigenvalue weighted by Gasteiger charge is -2.12. The van der Waals surface area contributed by atoms with Crippen LogP contribution in [0.2, 0.25) is 0 Å². The van der Waals surface area contributed by atoms with Crippen molar-refractivity contribution in [2.45, 2.75) is 6.42 Å². The minimum absolute atomic E-state index is 0.307. The summed E-state index contributed by atoms with van der Waals surface area (Å²) in [5, 5.41) is 12.4. The fraction of sp³-hybridized carbons (Fsp3) is 0.0500. The van der Waals surface area contributed by atoms with E-state index in [0.29, 0.717) is 23.6 Å². The molecule has 1 aromatic carbocycles. The first-order valence-corrected chi connectivity index (χ1v) is 8.37. The molecule has 7 nitrogen and oxygen atoms in total. The van der Waals surface area contributed by atoms with Crippen molar-refractivity contribution in [3.05, 3.63) is 83.9 Å². The van der Waals surface area contributed by atoms with Gasteiger partial charge in [0.25, 0.3) is 5.91 Å². The molecule has 0 aliphatic carbocycles. The lowest BCUT2D eigenvalue weighted by atomic mass is 10.0. The van der Waals surface area contributed by atoms with Gasteiger partial charge in [0.05, 0.1) is 5.56 Å². The molecular formula is C20H16N6O. The van der Waals surface area contributed by atoms with Crippen molar-refractivity contribution in [3.8, 4) is 0 Å². The van der Waals surface area contributed by atoms with Gasteiger partial charge in [0.2, 0.25) is 0 Å². The Labute approximate surface area is 155 Å². The molecule has 7 heteroatoms. The molecule has 0 saturated carbocycles. The maximum atomic E-state index is 12.5. The highest BCUT2D eigenvalue weighted by molar-refractivity contribution is 6.09. The van der Waals surface area contributed by atoms with E-state index in [-0.39, 0.29) is 5.91 Å². The van der Waals surface area contributed by atoms with E-state index in [4.69, 9.17) is 5.73 Å². The van der Waals surface area contributed by atoms with E-state index in [0.717, 1.165) is 22.0 Å². The molecule has 3 N–H and O–H groups in total. The van der Waals surface area contributed by atoms with Crippen LogP contribution in [0, 0.1) is 0 Å². The molecule has 4 aromatic rings. The number of rotatable bonds is 4. The Morgan fingerprint density at radius 3 is 2.70 bits per heavy atom. The minimum Gasteiger partial charge on any atom is -0.382 e. The third kappa shape index (κ3) is 3.43. The molecule has 0 spiro atoms. The number of hydrogen-bond acceptors (Lipinski definition) is 6. The molecule has 0 aliphatic heterocycles. The molecule has 0 bridgehead atoms. The summed E-state index contributed by atoms with van der Waals surface area (Å²) in [5.74, 6) is 0.366. The number of aromatic nitrogens is 4. The van der Waals surface area contributed by atoms with E-state index < -0.39 is 0 Å². The van der Waals surface area contributed by atoms with E-state index >= 15 is 0 Å². The minimum atomic E-state index is -0.307. The highest BCUT2D eigenvalue weighted by Gasteiger charge is 2.15. The van der Waals surface area contributed by atoms with Gasteiger partial charge in [0.1, 0.15) is 0 Å². The molecule has 0 aliphatic rings. The lowest BCUT2D eigenvalue weighted by molar-refractivity contribution is 0.102. The first-order valence-electron chi connectivity index (χ1n) is 8.37. The quantitative estimate of drug-likeness (QED) is 0.582. The third-order valence-electron chi connectivity index (χ3n) is 4.17. The fourth-order valence-electron chi connectivity index (χ4n) is 2.92. The molecule has 0 unspecified atom stereocenters. The number of nitrogens with zero attached hydrogens (tertiary/aromatic N) is 4. The fourth-order valence-corrected chi connectivity index (χ4v) is 2.92. The van der Waals surface area contributed by atoms with E-state index in [1.165, 1.54) is 6.20 Å². The summed E-state index contributed by atoms with van der Waals surface area (Å²) in [7, 11) is 0. The second-order valence-electron chi connectivity index (χ2n) is 5.97. The smallest absolute Gasteiger partial charge is 0.258 e. The first kappa shape index (κ1) is 16.6. The van der Waals surface area contributed by atoms with Gasteiger partial charge in [-0.3, -0.25) is 14.8 Å². The summed E-state index contributed by atoms with van der Waals surface area (Å²) in [6.45, 7) is 0. The van der Waals surface area contributed by atoms with E-state index in [2.05, 4.69) is 25.5 Å². The number of fused-ring (bicyclic) bond motifs is 1. The van der Waals surface area contributed by atoms with Gasteiger partial charge in [-0.05, 0) is 29.8 Å². The first-order chi connectivity index (χ1) is 13.2. The van der Waals surface area contributed by atoms with Crippen molar-refractivity contribution < 1.29 is 4.79 Å². The van der Waals surface area contributed by atoms with Gasteiger partial charge in [0, 0.05) is 41.5 Å². The molecule has 4 rings (SSSR count). The van der Waals surface area contributed by atoms with Crippen LogP contribution in [0.1, 0.15) is 21.6 Å². The summed E-state index contributed by atoms with van der Waals surface area (Å²) in [6.07, 6.45) is 5.46. The van der Waals surface area contributed by atoms with Crippen molar-refractivity contribution in [3.63, 3.8) is 0 Å². The van der Waals surface area contributed by atoms with Crippen molar-refractivity contribution in [1.29, 1.82) is 0 Å². The number of amides is 1. The van der Waals surface area contributed by atoms with Crippen LogP contribution in [0.25, 0.3) is 10.8 Å². The number of benzene rings is 1. The Balaban J connectivity index is 1.74. The number of hydrogen-bond donors (Lipinski definition) is 2. The highest BCUT2D eigenvalue weighted by Crippen LogP contribution is 2.29. The lowest BCUT2D eigenvalue weighted by Crippen LogP contribution is -2.14. The second kappa shape index (κ2) is 7.17. The summed E-state index contributed by atoms with van der Waals surface area (Å²) in [4.78, 5) is 20.8. The van der Waals surface area contributed by atoms with Crippen molar-refractivity contribution in [2.24, 2.45) is 0 Å². The number of nitrogens with one attached hydrogen (secondary N) is 1. The summed E-state index contributed by atoms with van der Waals surface area (Å²) >= 11 is 0. The Bertz CT molecular complexity index is 1100. The number of pyridine rings is 2. The van der Waals surface area contributed by atoms with Gasteiger partial charge in [0.15, 0.2) is 11.6 Å². The zero-order valence-corrected chi connectivity index (χ0v) is 14.3. The third-order valence-corrected chi connectivity index (χ3v) is 4.17. The number of carbonyl (C=O) groups excluding carboxylic acids is 1.